The Labute approximate surface area is 171 Å². The molecule has 1 heterocycles. The second-order valence-corrected chi connectivity index (χ2v) is 6.86. The molecule has 0 amide bonds. The third kappa shape index (κ3) is 8.91. The average molecular weight is 467 g/mol. The lowest BCUT2D eigenvalue weighted by molar-refractivity contribution is 0.0260. The van der Waals surface area contributed by atoms with E-state index < -0.39 is 0 Å². The van der Waals surface area contributed by atoms with Gasteiger partial charge in [0, 0.05) is 39.4 Å². The van der Waals surface area contributed by atoms with Gasteiger partial charge in [-0.3, -0.25) is 4.99 Å². The molecule has 2 fully saturated rings. The van der Waals surface area contributed by atoms with E-state index in [2.05, 4.69) is 24.1 Å². The number of hydrogen-bond acceptors (Lipinski definition) is 3. The van der Waals surface area contributed by atoms with Gasteiger partial charge in [0.05, 0.1) is 12.2 Å². The quantitative estimate of drug-likeness (QED) is 0.255. The van der Waals surface area contributed by atoms with E-state index in [1.165, 1.54) is 32.1 Å². The first kappa shape index (κ1) is 23.0. The minimum atomic E-state index is 0. The molecule has 1 aliphatic carbocycles. The Kier molecular flexibility index (Phi) is 12.9. The Morgan fingerprint density at radius 1 is 1.00 bits per heavy atom. The van der Waals surface area contributed by atoms with Gasteiger partial charge < -0.3 is 19.7 Å². The van der Waals surface area contributed by atoms with Crippen molar-refractivity contribution < 1.29 is 9.47 Å². The molecular weight excluding hydrogens is 429 g/mol. The molecule has 0 radical (unpaired) electrons. The van der Waals surface area contributed by atoms with E-state index in [0.717, 1.165) is 64.6 Å². The first-order chi connectivity index (χ1) is 11.8. The van der Waals surface area contributed by atoms with Crippen molar-refractivity contribution in [1.82, 2.24) is 10.2 Å². The van der Waals surface area contributed by atoms with Gasteiger partial charge in [-0.05, 0) is 46.0 Å². The van der Waals surface area contributed by atoms with Gasteiger partial charge in [-0.25, -0.2) is 0 Å². The number of aliphatic imine (C=N–C) groups is 1. The highest BCUT2D eigenvalue weighted by atomic mass is 127. The number of hydrogen-bond donors (Lipinski definition) is 1. The normalized spacial score (nSPS) is 20.4. The monoisotopic (exact) mass is 467 g/mol. The highest BCUT2D eigenvalue weighted by Crippen LogP contribution is 2.20. The summed E-state index contributed by atoms with van der Waals surface area (Å²) in [5.74, 6) is 1.06. The van der Waals surface area contributed by atoms with Crippen LogP contribution in [0.15, 0.2) is 4.99 Å². The predicted octanol–water partition coefficient (Wildman–Crippen LogP) is 3.81. The fourth-order valence-corrected chi connectivity index (χ4v) is 3.63. The van der Waals surface area contributed by atoms with Crippen LogP contribution in [0, 0.1) is 0 Å². The van der Waals surface area contributed by atoms with Crippen molar-refractivity contribution in [3.63, 3.8) is 0 Å². The summed E-state index contributed by atoms with van der Waals surface area (Å²) in [6.07, 6.45) is 10.7. The van der Waals surface area contributed by atoms with Crippen molar-refractivity contribution in [2.24, 2.45) is 4.99 Å². The molecular formula is C19H38IN3O2. The van der Waals surface area contributed by atoms with Gasteiger partial charge in [0.2, 0.25) is 0 Å². The number of nitrogens with zero attached hydrogens (tertiary/aromatic N) is 2. The van der Waals surface area contributed by atoms with Gasteiger partial charge in [-0.2, -0.15) is 0 Å². The van der Waals surface area contributed by atoms with Crippen LogP contribution in [0.1, 0.15) is 65.2 Å². The van der Waals surface area contributed by atoms with Crippen molar-refractivity contribution in [2.45, 2.75) is 77.4 Å². The molecule has 0 atom stereocenters. The Hall–Kier alpha value is -0.0800. The van der Waals surface area contributed by atoms with Gasteiger partial charge in [0.15, 0.2) is 5.96 Å². The molecule has 2 aliphatic rings. The molecule has 0 bridgehead atoms. The van der Waals surface area contributed by atoms with Crippen LogP contribution in [0.3, 0.4) is 0 Å². The molecule has 25 heavy (non-hydrogen) atoms. The van der Waals surface area contributed by atoms with Gasteiger partial charge in [-0.1, -0.05) is 19.3 Å². The highest BCUT2D eigenvalue weighted by molar-refractivity contribution is 14.0. The Morgan fingerprint density at radius 2 is 1.68 bits per heavy atom. The van der Waals surface area contributed by atoms with E-state index in [4.69, 9.17) is 14.5 Å². The van der Waals surface area contributed by atoms with Crippen molar-refractivity contribution in [3.8, 4) is 0 Å². The van der Waals surface area contributed by atoms with Gasteiger partial charge >= 0.3 is 0 Å². The molecule has 1 saturated carbocycles. The molecule has 0 spiro atoms. The summed E-state index contributed by atoms with van der Waals surface area (Å²) in [6.45, 7) is 9.72. The largest absolute Gasteiger partial charge is 0.378 e. The first-order valence-corrected chi connectivity index (χ1v) is 10.1. The summed E-state index contributed by atoms with van der Waals surface area (Å²) in [6, 6.07) is 0. The molecule has 1 aliphatic heterocycles. The first-order valence-electron chi connectivity index (χ1n) is 10.1. The van der Waals surface area contributed by atoms with Crippen molar-refractivity contribution in [1.29, 1.82) is 0 Å². The number of ether oxygens (including phenoxy) is 2. The number of likely N-dealkylation sites (tertiary alicyclic amines) is 1. The van der Waals surface area contributed by atoms with Crippen LogP contribution in [0.5, 0.6) is 0 Å². The van der Waals surface area contributed by atoms with Gasteiger partial charge in [0.1, 0.15) is 0 Å². The van der Waals surface area contributed by atoms with Crippen molar-refractivity contribution in [2.75, 3.05) is 39.4 Å². The molecule has 0 aromatic carbocycles. The Morgan fingerprint density at radius 3 is 2.32 bits per heavy atom. The highest BCUT2D eigenvalue weighted by Gasteiger charge is 2.21. The maximum atomic E-state index is 5.99. The van der Waals surface area contributed by atoms with Crippen LogP contribution < -0.4 is 5.32 Å². The molecule has 1 saturated heterocycles. The molecule has 148 valence electrons. The zero-order chi connectivity index (χ0) is 17.0. The van der Waals surface area contributed by atoms with Crippen molar-refractivity contribution in [3.05, 3.63) is 0 Å². The third-order valence-electron chi connectivity index (χ3n) is 4.95. The molecule has 6 heteroatoms. The summed E-state index contributed by atoms with van der Waals surface area (Å²) >= 11 is 0. The molecule has 0 unspecified atom stereocenters. The van der Waals surface area contributed by atoms with Crippen LogP contribution in [0.25, 0.3) is 0 Å². The van der Waals surface area contributed by atoms with Crippen molar-refractivity contribution >= 4 is 29.9 Å². The second kappa shape index (κ2) is 14.0. The van der Waals surface area contributed by atoms with Crippen LogP contribution in [0.2, 0.25) is 0 Å². The fraction of sp³-hybridized carbons (Fsp3) is 0.947. The minimum Gasteiger partial charge on any atom is -0.378 e. The lowest BCUT2D eigenvalue weighted by Crippen LogP contribution is -2.47. The number of halogens is 1. The topological polar surface area (TPSA) is 46.1 Å². The molecule has 1 N–H and O–H groups in total. The summed E-state index contributed by atoms with van der Waals surface area (Å²) < 4.78 is 11.7. The number of piperidine rings is 1. The minimum absolute atomic E-state index is 0. The van der Waals surface area contributed by atoms with E-state index in [9.17, 15) is 0 Å². The van der Waals surface area contributed by atoms with Gasteiger partial charge in [-0.15, -0.1) is 24.0 Å². The lowest BCUT2D eigenvalue weighted by atomic mass is 9.98. The zero-order valence-electron chi connectivity index (χ0n) is 16.2. The maximum Gasteiger partial charge on any atom is 0.193 e. The van der Waals surface area contributed by atoms with E-state index in [-0.39, 0.29) is 24.0 Å². The Balaban J connectivity index is 0.00000312. The zero-order valence-corrected chi connectivity index (χ0v) is 18.5. The summed E-state index contributed by atoms with van der Waals surface area (Å²) in [5.41, 5.74) is 0. The standard InChI is InChI=1S/C19H37N3O2.HI/c1-3-20-19(22-14-11-18(12-15-22)23-4-2)21-13-8-16-24-17-9-6-5-7-10-17;/h17-18H,3-16H2,1-2H3,(H,20,21);1H. The molecule has 2 rings (SSSR count). The second-order valence-electron chi connectivity index (χ2n) is 6.86. The molecule has 0 aromatic heterocycles. The van der Waals surface area contributed by atoms with E-state index in [1.54, 1.807) is 0 Å². The number of nitrogens with one attached hydrogen (secondary N) is 1. The average Bonchev–Trinajstić information content (AvgIpc) is 2.62. The van der Waals surface area contributed by atoms with E-state index >= 15 is 0 Å². The Bertz CT molecular complexity index is 355. The van der Waals surface area contributed by atoms with Crippen LogP contribution in [-0.2, 0) is 9.47 Å². The number of rotatable bonds is 8. The van der Waals surface area contributed by atoms with Gasteiger partial charge in [0.25, 0.3) is 0 Å². The maximum absolute atomic E-state index is 5.99. The summed E-state index contributed by atoms with van der Waals surface area (Å²) in [5, 5.41) is 3.43. The van der Waals surface area contributed by atoms with E-state index in [0.29, 0.717) is 12.2 Å². The SMILES string of the molecule is CCNC(=NCCCOC1CCCCC1)N1CCC(OCC)CC1.I. The summed E-state index contributed by atoms with van der Waals surface area (Å²) in [4.78, 5) is 7.18. The predicted molar refractivity (Wildman–Crippen MR) is 115 cm³/mol. The molecule has 0 aromatic rings. The third-order valence-corrected chi connectivity index (χ3v) is 4.95. The molecule has 5 nitrogen and oxygen atoms in total. The van der Waals surface area contributed by atoms with E-state index in [1.807, 2.05) is 0 Å². The van der Waals surface area contributed by atoms with Crippen LogP contribution in [-0.4, -0.2) is 62.5 Å². The smallest absolute Gasteiger partial charge is 0.193 e. The summed E-state index contributed by atoms with van der Waals surface area (Å²) in [7, 11) is 0. The lowest BCUT2D eigenvalue weighted by Gasteiger charge is -2.34. The van der Waals surface area contributed by atoms with Crippen LogP contribution >= 0.6 is 24.0 Å². The van der Waals surface area contributed by atoms with Crippen LogP contribution in [0.4, 0.5) is 0 Å². The fourth-order valence-electron chi connectivity index (χ4n) is 3.63. The number of guanidine groups is 1.